The second-order valence-corrected chi connectivity index (χ2v) is 15.7. The van der Waals surface area contributed by atoms with Crippen molar-refractivity contribution in [2.75, 3.05) is 63.3 Å². The Labute approximate surface area is 360 Å². The average molecular weight is 846 g/mol. The van der Waals surface area contributed by atoms with Crippen LogP contribution in [0.1, 0.15) is 22.3 Å². The van der Waals surface area contributed by atoms with Gasteiger partial charge in [0.05, 0.1) is 38.7 Å². The molecule has 6 aromatic rings. The maximum Gasteiger partial charge on any atom is 0.326 e. The van der Waals surface area contributed by atoms with Gasteiger partial charge in [0.2, 0.25) is 11.4 Å². The zero-order valence-corrected chi connectivity index (χ0v) is 35.4. The van der Waals surface area contributed by atoms with E-state index in [1.54, 1.807) is 51.1 Å². The predicted molar refractivity (Wildman–Crippen MR) is 235 cm³/mol. The maximum atomic E-state index is 16.2. The molecule has 2 amide bonds. The van der Waals surface area contributed by atoms with E-state index in [9.17, 15) is 0 Å². The third-order valence-corrected chi connectivity index (χ3v) is 11.7. The Morgan fingerprint density at radius 3 is 1.38 bits per heavy atom. The van der Waals surface area contributed by atoms with Crippen LogP contribution in [0.5, 0.6) is 23.0 Å². The minimum absolute atomic E-state index is 0.227. The van der Waals surface area contributed by atoms with Crippen LogP contribution in [-0.4, -0.2) is 79.3 Å². The molecule has 0 saturated carbocycles. The van der Waals surface area contributed by atoms with E-state index in [4.69, 9.17) is 42.1 Å². The molecule has 0 spiro atoms. The lowest BCUT2D eigenvalue weighted by Crippen LogP contribution is -2.72. The molecule has 13 heteroatoms. The number of aryl methyl sites for hydroxylation is 2. The van der Waals surface area contributed by atoms with Crippen molar-refractivity contribution in [1.82, 2.24) is 19.8 Å². The van der Waals surface area contributed by atoms with Crippen LogP contribution in [-0.2, 0) is 11.4 Å². The van der Waals surface area contributed by atoms with Crippen molar-refractivity contribution in [2.45, 2.75) is 25.3 Å². The van der Waals surface area contributed by atoms with Crippen molar-refractivity contribution < 1.29 is 23.7 Å². The average Bonchev–Trinajstić information content (AvgIpc) is 3.28. The van der Waals surface area contributed by atoms with Crippen molar-refractivity contribution in [3.8, 4) is 23.0 Å². The Morgan fingerprint density at radius 1 is 0.567 bits per heavy atom. The highest BCUT2D eigenvalue weighted by atomic mass is 35.5. The number of rotatable bonds is 10. The quantitative estimate of drug-likeness (QED) is 0.134. The summed E-state index contributed by atoms with van der Waals surface area (Å²) >= 11 is 13.0. The fourth-order valence-electron chi connectivity index (χ4n) is 8.28. The highest BCUT2D eigenvalue weighted by Crippen LogP contribution is 2.45. The number of hydrogen-bond donors (Lipinski definition) is 0. The lowest BCUT2D eigenvalue weighted by atomic mass is 9.95. The second kappa shape index (κ2) is 17.2. The summed E-state index contributed by atoms with van der Waals surface area (Å²) in [6.07, 6.45) is 6.95. The van der Waals surface area contributed by atoms with Crippen LogP contribution >= 0.6 is 23.2 Å². The molecule has 2 aliphatic heterocycles. The Kier molecular flexibility index (Phi) is 11.6. The summed E-state index contributed by atoms with van der Waals surface area (Å²) in [5, 5.41) is 1.15. The summed E-state index contributed by atoms with van der Waals surface area (Å²) in [5.74, 6) is 2.54. The summed E-state index contributed by atoms with van der Waals surface area (Å²) in [6, 6.07) is 34.0. The number of benzene rings is 4. The number of urea groups is 1. The van der Waals surface area contributed by atoms with Gasteiger partial charge in [-0.05, 0) is 110 Å². The number of pyridine rings is 2. The number of carbonyl (C=O) groups excluding carboxylic acids is 1. The zero-order valence-electron chi connectivity index (χ0n) is 33.9. The van der Waals surface area contributed by atoms with E-state index >= 15 is 4.79 Å². The van der Waals surface area contributed by atoms with Crippen molar-refractivity contribution in [1.29, 1.82) is 0 Å². The van der Waals surface area contributed by atoms with Crippen molar-refractivity contribution in [3.63, 3.8) is 0 Å². The lowest BCUT2D eigenvalue weighted by Gasteiger charge is -2.56. The van der Waals surface area contributed by atoms with Crippen LogP contribution < -0.4 is 28.7 Å². The van der Waals surface area contributed by atoms with Crippen LogP contribution in [0.3, 0.4) is 0 Å². The topological polar surface area (TPSA) is 92.7 Å². The number of halogens is 2. The predicted octanol–water partition coefficient (Wildman–Crippen LogP) is 9.35. The van der Waals surface area contributed by atoms with E-state index in [0.717, 1.165) is 22.5 Å². The molecule has 2 atom stereocenters. The summed E-state index contributed by atoms with van der Waals surface area (Å²) < 4.78 is 26.4. The number of anilines is 2. The monoisotopic (exact) mass is 844 g/mol. The zero-order chi connectivity index (χ0) is 41.9. The van der Waals surface area contributed by atoms with Crippen LogP contribution in [0, 0.1) is 13.8 Å². The summed E-state index contributed by atoms with van der Waals surface area (Å²) in [6.45, 7) is 5.79. The van der Waals surface area contributed by atoms with Gasteiger partial charge < -0.3 is 28.7 Å². The van der Waals surface area contributed by atoms with E-state index in [2.05, 4.69) is 19.8 Å². The number of methoxy groups -OCH3 is 2. The molecule has 308 valence electrons. The van der Waals surface area contributed by atoms with Gasteiger partial charge >= 0.3 is 6.03 Å². The summed E-state index contributed by atoms with van der Waals surface area (Å²) in [7, 11) is 3.32. The maximum absolute atomic E-state index is 16.2. The molecule has 8 rings (SSSR count). The first-order chi connectivity index (χ1) is 29.2. The molecule has 0 N–H and O–H groups in total. The molecular weight excluding hydrogens is 799 g/mol. The van der Waals surface area contributed by atoms with Gasteiger partial charge in [0, 0.05) is 72.1 Å². The van der Waals surface area contributed by atoms with E-state index in [1.165, 1.54) is 0 Å². The Hall–Kier alpha value is -6.17. The number of piperazine rings is 2. The van der Waals surface area contributed by atoms with Gasteiger partial charge in [-0.3, -0.25) is 19.8 Å². The van der Waals surface area contributed by atoms with Crippen molar-refractivity contribution in [3.05, 3.63) is 166 Å². The molecule has 2 saturated heterocycles. The molecule has 0 radical (unpaired) electrons. The van der Waals surface area contributed by atoms with Gasteiger partial charge in [-0.2, -0.15) is 0 Å². The third-order valence-electron chi connectivity index (χ3n) is 11.2. The second-order valence-electron chi connectivity index (χ2n) is 14.8. The van der Waals surface area contributed by atoms with Crippen LogP contribution in [0.4, 0.5) is 16.2 Å². The minimum atomic E-state index is -1.43. The number of nitrogens with zero attached hydrogens (tertiary/aromatic N) is 6. The van der Waals surface area contributed by atoms with Crippen molar-refractivity contribution >= 4 is 40.6 Å². The molecule has 4 heterocycles. The highest BCUT2D eigenvalue weighted by molar-refractivity contribution is 6.31. The lowest BCUT2D eigenvalue weighted by molar-refractivity contribution is -0.115. The molecule has 2 aromatic heterocycles. The molecule has 0 bridgehead atoms. The molecule has 2 fully saturated rings. The Balaban J connectivity index is 1.32. The van der Waals surface area contributed by atoms with Crippen LogP contribution in [0.15, 0.2) is 134 Å². The summed E-state index contributed by atoms with van der Waals surface area (Å²) in [4.78, 5) is 33.4. The SMILES string of the molecule is COc1ccccc1N1CCN(C(=O)N2CCN(c3ccccc3OC)C[C@@]2(Oc2ccc(Cl)cc2C)c2cccnc2)[C@@](Oc2ccc(Cl)cc2C)(c2cccnc2)C1. The molecular formula is C47H46Cl2N6O5. The molecule has 11 nitrogen and oxygen atoms in total. The number of ether oxygens (including phenoxy) is 4. The first-order valence-electron chi connectivity index (χ1n) is 19.7. The van der Waals surface area contributed by atoms with Gasteiger partial charge in [0.25, 0.3) is 0 Å². The molecule has 60 heavy (non-hydrogen) atoms. The molecule has 0 unspecified atom stereocenters. The van der Waals surface area contributed by atoms with Gasteiger partial charge in [-0.1, -0.05) is 47.5 Å². The number of para-hydroxylation sites is 4. The number of aromatic nitrogens is 2. The molecule has 4 aromatic carbocycles. The van der Waals surface area contributed by atoms with Crippen molar-refractivity contribution in [2.24, 2.45) is 0 Å². The normalized spacial score (nSPS) is 19.2. The van der Waals surface area contributed by atoms with Crippen LogP contribution in [0.2, 0.25) is 10.0 Å². The highest BCUT2D eigenvalue weighted by Gasteiger charge is 2.56. The van der Waals surface area contributed by atoms with E-state index < -0.39 is 11.4 Å². The van der Waals surface area contributed by atoms with Gasteiger partial charge in [0.1, 0.15) is 23.0 Å². The number of hydrogen-bond acceptors (Lipinski definition) is 9. The number of carbonyl (C=O) groups is 1. The van der Waals surface area contributed by atoms with Gasteiger partial charge in [-0.15, -0.1) is 0 Å². The Bertz CT molecular complexity index is 2290. The van der Waals surface area contributed by atoms with E-state index in [1.807, 2.05) is 121 Å². The van der Waals surface area contributed by atoms with E-state index in [-0.39, 0.29) is 32.2 Å². The van der Waals surface area contributed by atoms with Gasteiger partial charge in [-0.25, -0.2) is 4.79 Å². The largest absolute Gasteiger partial charge is 0.495 e. The fourth-order valence-corrected chi connectivity index (χ4v) is 8.73. The van der Waals surface area contributed by atoms with Crippen LogP contribution in [0.25, 0.3) is 0 Å². The standard InChI is InChI=1S/C47H46Cl2N6O5/c1-33-27-37(48)17-19-41(33)59-46(35-11-9-21-50-29-35)31-52(39-13-5-7-15-43(39)57-3)23-25-54(46)45(56)55-26-24-53(40-14-6-8-16-44(40)58-4)32-47(55,36-12-10-22-51-30-36)60-42-20-18-38(49)28-34(42)2/h5-22,27-30H,23-26,31-32H2,1-4H3/t46-,47+. The van der Waals surface area contributed by atoms with Gasteiger partial charge in [0.15, 0.2) is 0 Å². The summed E-state index contributed by atoms with van der Waals surface area (Å²) in [5.41, 5.74) is 1.86. The minimum Gasteiger partial charge on any atom is -0.495 e. The smallest absolute Gasteiger partial charge is 0.326 e. The third kappa shape index (κ3) is 7.71. The molecule has 2 aliphatic rings. The molecule has 0 aliphatic carbocycles. The first kappa shape index (κ1) is 40.6. The van der Waals surface area contributed by atoms with E-state index in [0.29, 0.717) is 57.3 Å². The first-order valence-corrected chi connectivity index (χ1v) is 20.5. The number of amides is 2. The fraction of sp³-hybridized carbons (Fsp3) is 0.255. The Morgan fingerprint density at radius 2 is 1.00 bits per heavy atom.